The molecule has 1 saturated heterocycles. The molecule has 3 rings (SSSR count). The number of Topliss-reactive ketones (excluding diaryl/α,β-unsaturated/α-hetero) is 1. The number of ether oxygens (including phenoxy) is 1. The standard InChI is InChI=1S/C23H29N3O6S/c1-4-32-19-8-9-21(22(12-19)26(28)29)24-13-23(27)18-6-5-7-20(11-18)33(30,31)25-14-16(2)10-17(3)15-25/h5-9,11-12,16-17,24H,4,10,13-15H2,1-3H3. The summed E-state index contributed by atoms with van der Waals surface area (Å²) in [6.07, 6.45) is 0.980. The highest BCUT2D eigenvalue weighted by Gasteiger charge is 2.32. The predicted octanol–water partition coefficient (Wildman–Crippen LogP) is 3.95. The third kappa shape index (κ3) is 5.88. The van der Waals surface area contributed by atoms with Crippen LogP contribution in [0.5, 0.6) is 5.75 Å². The van der Waals surface area contributed by atoms with E-state index in [1.54, 1.807) is 13.0 Å². The fraction of sp³-hybridized carbons (Fsp3) is 0.435. The van der Waals surface area contributed by atoms with Crippen molar-refractivity contribution in [2.75, 3.05) is 31.6 Å². The maximum Gasteiger partial charge on any atom is 0.296 e. The van der Waals surface area contributed by atoms with Gasteiger partial charge in [-0.15, -0.1) is 0 Å². The minimum absolute atomic E-state index is 0.0710. The number of piperidine rings is 1. The molecule has 0 amide bonds. The molecule has 0 aliphatic carbocycles. The van der Waals surface area contributed by atoms with E-state index in [1.165, 1.54) is 40.7 Å². The lowest BCUT2D eigenvalue weighted by Crippen LogP contribution is -2.42. The van der Waals surface area contributed by atoms with Crippen molar-refractivity contribution in [3.63, 3.8) is 0 Å². The first kappa shape index (κ1) is 24.7. The van der Waals surface area contributed by atoms with Gasteiger partial charge in [-0.05, 0) is 49.4 Å². The minimum Gasteiger partial charge on any atom is -0.494 e. The van der Waals surface area contributed by atoms with Crippen molar-refractivity contribution >= 4 is 27.2 Å². The van der Waals surface area contributed by atoms with E-state index in [-0.39, 0.29) is 46.0 Å². The third-order valence-electron chi connectivity index (χ3n) is 5.55. The van der Waals surface area contributed by atoms with Crippen LogP contribution in [0.2, 0.25) is 0 Å². The lowest BCUT2D eigenvalue weighted by Gasteiger charge is -2.34. The third-order valence-corrected chi connectivity index (χ3v) is 7.37. The van der Waals surface area contributed by atoms with Crippen molar-refractivity contribution in [3.05, 3.63) is 58.1 Å². The van der Waals surface area contributed by atoms with Gasteiger partial charge in [0.25, 0.3) is 5.69 Å². The topological polar surface area (TPSA) is 119 Å². The van der Waals surface area contributed by atoms with Crippen LogP contribution in [0.4, 0.5) is 11.4 Å². The Bertz CT molecular complexity index is 1120. The van der Waals surface area contributed by atoms with Gasteiger partial charge in [-0.2, -0.15) is 4.31 Å². The monoisotopic (exact) mass is 475 g/mol. The minimum atomic E-state index is -3.72. The molecule has 1 N–H and O–H groups in total. The number of carbonyl (C=O) groups excluding carboxylic acids is 1. The Morgan fingerprint density at radius 3 is 2.52 bits per heavy atom. The molecule has 9 nitrogen and oxygen atoms in total. The van der Waals surface area contributed by atoms with Gasteiger partial charge in [0.2, 0.25) is 10.0 Å². The zero-order chi connectivity index (χ0) is 24.2. The van der Waals surface area contributed by atoms with Crippen molar-refractivity contribution in [1.29, 1.82) is 0 Å². The normalized spacial score (nSPS) is 19.1. The lowest BCUT2D eigenvalue weighted by atomic mass is 9.94. The van der Waals surface area contributed by atoms with Crippen molar-refractivity contribution in [2.45, 2.75) is 32.1 Å². The first-order chi connectivity index (χ1) is 15.6. The van der Waals surface area contributed by atoms with E-state index in [0.717, 1.165) is 6.42 Å². The van der Waals surface area contributed by atoms with Crippen molar-refractivity contribution in [1.82, 2.24) is 4.31 Å². The summed E-state index contributed by atoms with van der Waals surface area (Å²) in [5.74, 6) is 0.515. The van der Waals surface area contributed by atoms with Gasteiger partial charge in [0, 0.05) is 18.7 Å². The number of rotatable bonds is 9. The van der Waals surface area contributed by atoms with Crippen LogP contribution in [0.3, 0.4) is 0 Å². The van der Waals surface area contributed by atoms with Crippen LogP contribution in [0.25, 0.3) is 0 Å². The largest absolute Gasteiger partial charge is 0.494 e. The molecule has 2 unspecified atom stereocenters. The Morgan fingerprint density at radius 1 is 1.18 bits per heavy atom. The Labute approximate surface area is 193 Å². The molecule has 0 spiro atoms. The molecule has 0 bridgehead atoms. The Hall–Kier alpha value is -2.98. The average Bonchev–Trinajstić information content (AvgIpc) is 2.77. The lowest BCUT2D eigenvalue weighted by molar-refractivity contribution is -0.384. The number of sulfonamides is 1. The summed E-state index contributed by atoms with van der Waals surface area (Å²) < 4.78 is 33.1. The van der Waals surface area contributed by atoms with E-state index in [9.17, 15) is 23.3 Å². The van der Waals surface area contributed by atoms with Crippen LogP contribution in [-0.2, 0) is 10.0 Å². The molecule has 0 saturated carbocycles. The van der Waals surface area contributed by atoms with Crippen molar-refractivity contribution in [3.8, 4) is 5.75 Å². The number of ketones is 1. The van der Waals surface area contributed by atoms with E-state index in [4.69, 9.17) is 4.74 Å². The molecule has 33 heavy (non-hydrogen) atoms. The summed E-state index contributed by atoms with van der Waals surface area (Å²) in [7, 11) is -3.72. The molecular formula is C23H29N3O6S. The van der Waals surface area contributed by atoms with Crippen LogP contribution in [0, 0.1) is 22.0 Å². The molecule has 1 fully saturated rings. The average molecular weight is 476 g/mol. The maximum absolute atomic E-state index is 13.1. The molecule has 178 valence electrons. The zero-order valence-corrected chi connectivity index (χ0v) is 19.8. The second-order valence-electron chi connectivity index (χ2n) is 8.44. The van der Waals surface area contributed by atoms with Crippen molar-refractivity contribution in [2.24, 2.45) is 11.8 Å². The zero-order valence-electron chi connectivity index (χ0n) is 19.0. The van der Waals surface area contributed by atoms with Crippen LogP contribution in [-0.4, -0.2) is 49.7 Å². The molecule has 2 aromatic carbocycles. The van der Waals surface area contributed by atoms with E-state index < -0.39 is 14.9 Å². The summed E-state index contributed by atoms with van der Waals surface area (Å²) in [4.78, 5) is 23.7. The molecule has 1 aliphatic rings. The SMILES string of the molecule is CCOc1ccc(NCC(=O)c2cccc(S(=O)(=O)N3CC(C)CC(C)C3)c2)c([N+](=O)[O-])c1. The van der Waals surface area contributed by atoms with Gasteiger partial charge in [0.05, 0.1) is 29.0 Å². The highest BCUT2D eigenvalue weighted by atomic mass is 32.2. The van der Waals surface area contributed by atoms with E-state index in [0.29, 0.717) is 25.4 Å². The molecule has 0 aromatic heterocycles. The predicted molar refractivity (Wildman–Crippen MR) is 125 cm³/mol. The highest BCUT2D eigenvalue weighted by molar-refractivity contribution is 7.89. The smallest absolute Gasteiger partial charge is 0.296 e. The van der Waals surface area contributed by atoms with Gasteiger partial charge in [-0.3, -0.25) is 14.9 Å². The summed E-state index contributed by atoms with van der Waals surface area (Å²) in [5.41, 5.74) is 0.186. The maximum atomic E-state index is 13.1. The molecule has 1 aliphatic heterocycles. The Kier molecular flexibility index (Phi) is 7.70. The number of nitrogens with one attached hydrogen (secondary N) is 1. The van der Waals surface area contributed by atoms with E-state index in [2.05, 4.69) is 5.32 Å². The van der Waals surface area contributed by atoms with Crippen LogP contribution in [0.1, 0.15) is 37.6 Å². The van der Waals surface area contributed by atoms with Crippen LogP contribution < -0.4 is 10.1 Å². The summed E-state index contributed by atoms with van der Waals surface area (Å²) in [6.45, 7) is 6.89. The quantitative estimate of drug-likeness (QED) is 0.331. The number of carbonyl (C=O) groups is 1. The van der Waals surface area contributed by atoms with Crippen molar-refractivity contribution < 1.29 is 22.9 Å². The summed E-state index contributed by atoms with van der Waals surface area (Å²) >= 11 is 0. The molecular weight excluding hydrogens is 446 g/mol. The van der Waals surface area contributed by atoms with Gasteiger partial charge in [0.15, 0.2) is 5.78 Å². The molecule has 2 atom stereocenters. The van der Waals surface area contributed by atoms with Gasteiger partial charge >= 0.3 is 0 Å². The highest BCUT2D eigenvalue weighted by Crippen LogP contribution is 2.30. The van der Waals surface area contributed by atoms with Crippen LogP contribution >= 0.6 is 0 Å². The second kappa shape index (κ2) is 10.3. The molecule has 2 aromatic rings. The van der Waals surface area contributed by atoms with Gasteiger partial charge < -0.3 is 10.1 Å². The van der Waals surface area contributed by atoms with Gasteiger partial charge in [-0.1, -0.05) is 26.0 Å². The number of hydrogen-bond donors (Lipinski definition) is 1. The van der Waals surface area contributed by atoms with E-state index in [1.807, 2.05) is 13.8 Å². The first-order valence-corrected chi connectivity index (χ1v) is 12.3. The Morgan fingerprint density at radius 2 is 1.88 bits per heavy atom. The van der Waals surface area contributed by atoms with E-state index >= 15 is 0 Å². The van der Waals surface area contributed by atoms with Gasteiger partial charge in [0.1, 0.15) is 11.4 Å². The fourth-order valence-corrected chi connectivity index (χ4v) is 5.85. The number of anilines is 1. The number of nitro groups is 1. The number of nitro benzene ring substituents is 1. The van der Waals surface area contributed by atoms with Gasteiger partial charge in [-0.25, -0.2) is 8.42 Å². The molecule has 10 heteroatoms. The second-order valence-corrected chi connectivity index (χ2v) is 10.4. The van der Waals surface area contributed by atoms with Crippen LogP contribution in [0.15, 0.2) is 47.4 Å². The summed E-state index contributed by atoms with van der Waals surface area (Å²) in [5, 5.41) is 14.2. The molecule has 0 radical (unpaired) electrons. The number of hydrogen-bond acceptors (Lipinski definition) is 7. The first-order valence-electron chi connectivity index (χ1n) is 10.9. The Balaban J connectivity index is 1.76. The summed E-state index contributed by atoms with van der Waals surface area (Å²) in [6, 6.07) is 10.3. The number of benzene rings is 2. The fourth-order valence-electron chi connectivity index (χ4n) is 4.13. The number of nitrogens with zero attached hydrogens (tertiary/aromatic N) is 2. The molecule has 1 heterocycles.